The minimum absolute atomic E-state index is 0.0138. The number of hydrogen-bond acceptors (Lipinski definition) is 6. The summed E-state index contributed by atoms with van der Waals surface area (Å²) in [5.74, 6) is 1.98. The van der Waals surface area contributed by atoms with E-state index in [0.717, 1.165) is 18.8 Å². The summed E-state index contributed by atoms with van der Waals surface area (Å²) < 4.78 is 16.3. The zero-order valence-corrected chi connectivity index (χ0v) is 14.6. The number of piperazine rings is 1. The average molecular weight is 335 g/mol. The van der Waals surface area contributed by atoms with Gasteiger partial charge < -0.3 is 29.7 Å². The maximum absolute atomic E-state index is 12.4. The average Bonchev–Trinajstić information content (AvgIpc) is 3.01. The van der Waals surface area contributed by atoms with Gasteiger partial charge in [-0.3, -0.25) is 4.79 Å². The second kappa shape index (κ2) is 6.39. The molecule has 3 rings (SSSR count). The lowest BCUT2D eigenvalue weighted by Crippen LogP contribution is -2.59. The zero-order chi connectivity index (χ0) is 17.3. The van der Waals surface area contributed by atoms with E-state index in [2.05, 4.69) is 15.5 Å². The van der Waals surface area contributed by atoms with E-state index < -0.39 is 0 Å². The number of rotatable bonds is 3. The van der Waals surface area contributed by atoms with E-state index in [-0.39, 0.29) is 24.3 Å². The van der Waals surface area contributed by atoms with Crippen molar-refractivity contribution in [2.45, 2.75) is 32.4 Å². The smallest absolute Gasteiger partial charge is 0.239 e. The third-order valence-electron chi connectivity index (χ3n) is 4.00. The van der Waals surface area contributed by atoms with Gasteiger partial charge in [0.2, 0.25) is 18.4 Å². The second-order valence-corrected chi connectivity index (χ2v) is 7.07. The van der Waals surface area contributed by atoms with Crippen LogP contribution in [0.4, 0.5) is 5.69 Å². The molecule has 0 saturated carbocycles. The summed E-state index contributed by atoms with van der Waals surface area (Å²) >= 11 is 0. The molecule has 2 N–H and O–H groups in total. The molecule has 1 fully saturated rings. The summed E-state index contributed by atoms with van der Waals surface area (Å²) in [4.78, 5) is 14.6. The van der Waals surface area contributed by atoms with Crippen LogP contribution >= 0.6 is 0 Å². The first kappa shape index (κ1) is 16.7. The maximum atomic E-state index is 12.4. The van der Waals surface area contributed by atoms with Crippen LogP contribution in [0.25, 0.3) is 0 Å². The van der Waals surface area contributed by atoms with Gasteiger partial charge in [-0.1, -0.05) is 0 Å². The monoisotopic (exact) mass is 335 g/mol. The molecule has 1 aromatic rings. The molecule has 1 saturated heterocycles. The van der Waals surface area contributed by atoms with E-state index in [9.17, 15) is 4.79 Å². The van der Waals surface area contributed by atoms with Crippen molar-refractivity contribution in [2.75, 3.05) is 38.4 Å². The number of amides is 1. The lowest BCUT2D eigenvalue weighted by molar-refractivity contribution is -0.124. The van der Waals surface area contributed by atoms with Crippen molar-refractivity contribution in [3.8, 4) is 17.2 Å². The topological polar surface area (TPSA) is 72.1 Å². The summed E-state index contributed by atoms with van der Waals surface area (Å²) in [5.41, 5.74) is 0.717. The van der Waals surface area contributed by atoms with Crippen LogP contribution in [-0.4, -0.2) is 51.0 Å². The molecule has 7 nitrogen and oxygen atoms in total. The van der Waals surface area contributed by atoms with E-state index in [1.54, 1.807) is 7.11 Å². The Balaban J connectivity index is 1.77. The Bertz CT molecular complexity index is 627. The molecular weight excluding hydrogens is 310 g/mol. The Morgan fingerprint density at radius 1 is 1.38 bits per heavy atom. The number of nitrogens with one attached hydrogen (secondary N) is 2. The van der Waals surface area contributed by atoms with Gasteiger partial charge >= 0.3 is 0 Å². The highest BCUT2D eigenvalue weighted by Gasteiger charge is 2.29. The lowest BCUT2D eigenvalue weighted by Gasteiger charge is -2.36. The predicted octanol–water partition coefficient (Wildman–Crippen LogP) is 1.12. The maximum Gasteiger partial charge on any atom is 0.239 e. The lowest BCUT2D eigenvalue weighted by atomic mass is 10.1. The number of carbonyl (C=O) groups is 1. The number of benzene rings is 1. The fraction of sp³-hybridized carbons (Fsp3) is 0.588. The zero-order valence-electron chi connectivity index (χ0n) is 14.6. The molecule has 1 amide bonds. The predicted molar refractivity (Wildman–Crippen MR) is 91.0 cm³/mol. The number of fused-ring (bicyclic) bond motifs is 1. The van der Waals surface area contributed by atoms with Crippen LogP contribution in [0.1, 0.15) is 20.8 Å². The number of nitrogens with zero attached hydrogens (tertiary/aromatic N) is 1. The number of ether oxygens (including phenoxy) is 3. The van der Waals surface area contributed by atoms with Crippen molar-refractivity contribution < 1.29 is 19.0 Å². The molecule has 24 heavy (non-hydrogen) atoms. The van der Waals surface area contributed by atoms with Crippen LogP contribution in [0.5, 0.6) is 17.2 Å². The molecule has 0 aromatic heterocycles. The van der Waals surface area contributed by atoms with Crippen LogP contribution in [0, 0.1) is 0 Å². The van der Waals surface area contributed by atoms with E-state index in [4.69, 9.17) is 14.2 Å². The molecule has 2 aliphatic rings. The van der Waals surface area contributed by atoms with Crippen molar-refractivity contribution in [3.63, 3.8) is 0 Å². The molecule has 2 aliphatic heterocycles. The fourth-order valence-electron chi connectivity index (χ4n) is 2.92. The summed E-state index contributed by atoms with van der Waals surface area (Å²) in [5, 5.41) is 6.31. The largest absolute Gasteiger partial charge is 0.493 e. The van der Waals surface area contributed by atoms with Gasteiger partial charge in [0.25, 0.3) is 0 Å². The van der Waals surface area contributed by atoms with Crippen LogP contribution in [0.2, 0.25) is 0 Å². The number of methoxy groups -OCH3 is 1. The van der Waals surface area contributed by atoms with E-state index in [1.165, 1.54) is 0 Å². The number of carbonyl (C=O) groups excluding carboxylic acids is 1. The summed E-state index contributed by atoms with van der Waals surface area (Å²) in [6.45, 7) is 8.27. The molecule has 1 aromatic carbocycles. The highest BCUT2D eigenvalue weighted by molar-refractivity contribution is 5.83. The Hall–Kier alpha value is -2.15. The molecule has 0 aliphatic carbocycles. The van der Waals surface area contributed by atoms with E-state index in [0.29, 0.717) is 23.8 Å². The normalized spacial score (nSPS) is 20.0. The van der Waals surface area contributed by atoms with Crippen LogP contribution < -0.4 is 29.7 Å². The molecule has 0 radical (unpaired) electrons. The molecule has 7 heteroatoms. The first-order chi connectivity index (χ1) is 11.4. The molecule has 0 bridgehead atoms. The minimum atomic E-state index is -0.255. The molecule has 0 spiro atoms. The Kier molecular flexibility index (Phi) is 4.45. The highest BCUT2D eigenvalue weighted by atomic mass is 16.7. The van der Waals surface area contributed by atoms with Crippen molar-refractivity contribution in [3.05, 3.63) is 12.1 Å². The van der Waals surface area contributed by atoms with Gasteiger partial charge in [-0.25, -0.2) is 0 Å². The van der Waals surface area contributed by atoms with Gasteiger partial charge in [0.1, 0.15) is 6.04 Å². The van der Waals surface area contributed by atoms with Gasteiger partial charge in [-0.05, 0) is 20.8 Å². The van der Waals surface area contributed by atoms with Crippen LogP contribution in [-0.2, 0) is 4.79 Å². The Morgan fingerprint density at radius 2 is 2.17 bits per heavy atom. The van der Waals surface area contributed by atoms with Crippen LogP contribution in [0.15, 0.2) is 12.1 Å². The second-order valence-electron chi connectivity index (χ2n) is 7.07. The first-order valence-corrected chi connectivity index (χ1v) is 8.15. The Morgan fingerprint density at radius 3 is 2.88 bits per heavy atom. The van der Waals surface area contributed by atoms with Gasteiger partial charge in [0, 0.05) is 43.0 Å². The molecule has 1 atom stereocenters. The van der Waals surface area contributed by atoms with Crippen molar-refractivity contribution >= 4 is 11.6 Å². The fourth-order valence-corrected chi connectivity index (χ4v) is 2.92. The third-order valence-corrected chi connectivity index (χ3v) is 4.00. The van der Waals surface area contributed by atoms with Gasteiger partial charge in [0.15, 0.2) is 11.5 Å². The van der Waals surface area contributed by atoms with Gasteiger partial charge in [0.05, 0.1) is 7.11 Å². The minimum Gasteiger partial charge on any atom is -0.493 e. The first-order valence-electron chi connectivity index (χ1n) is 8.15. The van der Waals surface area contributed by atoms with Crippen molar-refractivity contribution in [1.29, 1.82) is 0 Å². The SMILES string of the molecule is COc1cc(N2CCNC(C(=O)NC(C)(C)C)C2)cc2c1OCO2. The Labute approximate surface area is 142 Å². The summed E-state index contributed by atoms with van der Waals surface area (Å²) in [6.07, 6.45) is 0. The summed E-state index contributed by atoms with van der Waals surface area (Å²) in [7, 11) is 1.61. The van der Waals surface area contributed by atoms with E-state index in [1.807, 2.05) is 32.9 Å². The standard InChI is InChI=1S/C17H25N3O4/c1-17(2,3)19-16(21)12-9-20(6-5-18-12)11-7-13(22-4)15-14(8-11)23-10-24-15/h7-8,12,18H,5-6,9-10H2,1-4H3,(H,19,21). The quantitative estimate of drug-likeness (QED) is 0.862. The van der Waals surface area contributed by atoms with Crippen molar-refractivity contribution in [1.82, 2.24) is 10.6 Å². The molecular formula is C17H25N3O4. The summed E-state index contributed by atoms with van der Waals surface area (Å²) in [6, 6.07) is 3.61. The van der Waals surface area contributed by atoms with Crippen molar-refractivity contribution in [2.24, 2.45) is 0 Å². The van der Waals surface area contributed by atoms with Gasteiger partial charge in [-0.2, -0.15) is 0 Å². The molecule has 132 valence electrons. The van der Waals surface area contributed by atoms with Crippen LogP contribution in [0.3, 0.4) is 0 Å². The number of hydrogen-bond donors (Lipinski definition) is 2. The third kappa shape index (κ3) is 3.51. The molecule has 1 unspecified atom stereocenters. The van der Waals surface area contributed by atoms with E-state index >= 15 is 0 Å². The highest BCUT2D eigenvalue weighted by Crippen LogP contribution is 2.44. The van der Waals surface area contributed by atoms with Gasteiger partial charge in [-0.15, -0.1) is 0 Å². The number of anilines is 1. The molecule has 2 heterocycles.